The van der Waals surface area contributed by atoms with E-state index in [4.69, 9.17) is 10.3 Å². The Balaban J connectivity index is 1.52. The van der Waals surface area contributed by atoms with Crippen LogP contribution in [0, 0.1) is 0 Å². The van der Waals surface area contributed by atoms with Crippen molar-refractivity contribution < 1.29 is 14.1 Å². The molecule has 9 heteroatoms. The Bertz CT molecular complexity index is 763. The molecule has 9 nitrogen and oxygen atoms in total. The lowest BCUT2D eigenvalue weighted by molar-refractivity contribution is -0.138. The van der Waals surface area contributed by atoms with Crippen LogP contribution in [0.2, 0.25) is 0 Å². The number of carbonyl (C=O) groups is 2. The highest BCUT2D eigenvalue weighted by molar-refractivity contribution is 5.88. The maximum atomic E-state index is 12.5. The maximum Gasteiger partial charge on any atom is 0.242 e. The van der Waals surface area contributed by atoms with E-state index in [-0.39, 0.29) is 17.9 Å². The molecule has 1 fully saturated rings. The molecule has 3 rings (SSSR count). The predicted molar refractivity (Wildman–Crippen MR) is 92.6 cm³/mol. The van der Waals surface area contributed by atoms with Crippen molar-refractivity contribution in [2.24, 2.45) is 5.73 Å². The summed E-state index contributed by atoms with van der Waals surface area (Å²) in [7, 11) is 1.56. The van der Waals surface area contributed by atoms with Crippen molar-refractivity contribution in [1.29, 1.82) is 0 Å². The lowest BCUT2D eigenvalue weighted by Gasteiger charge is -2.23. The third-order valence-corrected chi connectivity index (χ3v) is 4.37. The second-order valence-corrected chi connectivity index (χ2v) is 6.28. The van der Waals surface area contributed by atoms with Gasteiger partial charge in [-0.25, -0.2) is 0 Å². The largest absolute Gasteiger partial charge is 0.357 e. The van der Waals surface area contributed by atoms with Crippen LogP contribution in [-0.2, 0) is 16.0 Å². The molecular weight excluding hydrogens is 336 g/mol. The van der Waals surface area contributed by atoms with Gasteiger partial charge in [-0.1, -0.05) is 5.16 Å². The molecule has 0 saturated carbocycles. The molecule has 2 amide bonds. The first-order chi connectivity index (χ1) is 12.6. The van der Waals surface area contributed by atoms with E-state index in [1.807, 2.05) is 6.07 Å². The Morgan fingerprint density at radius 3 is 3.04 bits per heavy atom. The molecular formula is C17H22N6O3. The first kappa shape index (κ1) is 18.0. The van der Waals surface area contributed by atoms with Gasteiger partial charge in [-0.3, -0.25) is 14.6 Å². The standard InChI is InChI=1S/C17H22N6O3/c1-19-17(25)13-8-12(18)10-23(13)15(24)6-2-5-14-21-16(22-26-14)11-4-3-7-20-9-11/h3-4,7,9,12-13H,2,5-6,8,10,18H2,1H3,(H,19,25)/t12-,13+/m1/s1. The van der Waals surface area contributed by atoms with Crippen LogP contribution in [0.3, 0.4) is 0 Å². The average Bonchev–Trinajstić information content (AvgIpc) is 3.28. The molecule has 1 aliphatic heterocycles. The molecule has 2 aromatic rings. The molecule has 2 atom stereocenters. The van der Waals surface area contributed by atoms with Crippen molar-refractivity contribution in [3.8, 4) is 11.4 Å². The van der Waals surface area contributed by atoms with Gasteiger partial charge < -0.3 is 20.5 Å². The second kappa shape index (κ2) is 8.05. The molecule has 3 heterocycles. The number of amides is 2. The van der Waals surface area contributed by atoms with Crippen molar-refractivity contribution >= 4 is 11.8 Å². The maximum absolute atomic E-state index is 12.5. The van der Waals surface area contributed by atoms with Crippen molar-refractivity contribution in [1.82, 2.24) is 25.3 Å². The molecule has 3 N–H and O–H groups in total. The highest BCUT2D eigenvalue weighted by Gasteiger charge is 2.37. The molecule has 0 aliphatic carbocycles. The normalized spacial score (nSPS) is 19.5. The SMILES string of the molecule is CNC(=O)[C@@H]1C[C@@H](N)CN1C(=O)CCCc1nc(-c2cccnc2)no1. The number of nitrogens with one attached hydrogen (secondary N) is 1. The van der Waals surface area contributed by atoms with Gasteiger partial charge >= 0.3 is 0 Å². The predicted octanol–water partition coefficient (Wildman–Crippen LogP) is 0.129. The summed E-state index contributed by atoms with van der Waals surface area (Å²) < 4.78 is 5.22. The van der Waals surface area contributed by atoms with Gasteiger partial charge in [-0.2, -0.15) is 4.98 Å². The molecule has 0 aromatic carbocycles. The van der Waals surface area contributed by atoms with Gasteiger partial charge in [0.25, 0.3) is 0 Å². The Morgan fingerprint density at radius 1 is 1.46 bits per heavy atom. The quantitative estimate of drug-likeness (QED) is 0.751. The van der Waals surface area contributed by atoms with Gasteiger partial charge in [0.2, 0.25) is 23.5 Å². The number of nitrogens with two attached hydrogens (primary N) is 1. The zero-order valence-electron chi connectivity index (χ0n) is 14.6. The Morgan fingerprint density at radius 2 is 2.31 bits per heavy atom. The van der Waals surface area contributed by atoms with Gasteiger partial charge in [0.05, 0.1) is 0 Å². The van der Waals surface area contributed by atoms with Crippen LogP contribution in [0.4, 0.5) is 0 Å². The van der Waals surface area contributed by atoms with E-state index in [1.54, 1.807) is 30.4 Å². The number of pyridine rings is 1. The molecule has 0 bridgehead atoms. The minimum absolute atomic E-state index is 0.0847. The highest BCUT2D eigenvalue weighted by atomic mass is 16.5. The number of likely N-dealkylation sites (N-methyl/N-ethyl adjacent to an activating group) is 1. The summed E-state index contributed by atoms with van der Waals surface area (Å²) in [5.74, 6) is 0.685. The number of rotatable bonds is 6. The third-order valence-electron chi connectivity index (χ3n) is 4.37. The van der Waals surface area contributed by atoms with Gasteiger partial charge in [0, 0.05) is 50.4 Å². The minimum Gasteiger partial charge on any atom is -0.357 e. The molecule has 1 aliphatic rings. The van der Waals surface area contributed by atoms with Crippen LogP contribution in [0.15, 0.2) is 29.0 Å². The van der Waals surface area contributed by atoms with E-state index < -0.39 is 6.04 Å². The zero-order valence-corrected chi connectivity index (χ0v) is 14.6. The molecule has 26 heavy (non-hydrogen) atoms. The monoisotopic (exact) mass is 358 g/mol. The molecule has 0 unspecified atom stereocenters. The number of hydrogen-bond donors (Lipinski definition) is 2. The van der Waals surface area contributed by atoms with Crippen LogP contribution < -0.4 is 11.1 Å². The highest BCUT2D eigenvalue weighted by Crippen LogP contribution is 2.19. The van der Waals surface area contributed by atoms with E-state index in [9.17, 15) is 9.59 Å². The minimum atomic E-state index is -0.483. The van der Waals surface area contributed by atoms with E-state index in [0.717, 1.165) is 5.56 Å². The van der Waals surface area contributed by atoms with Crippen LogP contribution in [0.5, 0.6) is 0 Å². The Kier molecular flexibility index (Phi) is 5.57. The lowest BCUT2D eigenvalue weighted by Crippen LogP contribution is -2.44. The van der Waals surface area contributed by atoms with Crippen molar-refractivity contribution in [3.63, 3.8) is 0 Å². The number of carbonyl (C=O) groups excluding carboxylic acids is 2. The van der Waals surface area contributed by atoms with E-state index in [2.05, 4.69) is 20.4 Å². The Hall–Kier alpha value is -2.81. The number of hydrogen-bond acceptors (Lipinski definition) is 7. The number of aromatic nitrogens is 3. The van der Waals surface area contributed by atoms with Crippen molar-refractivity contribution in [3.05, 3.63) is 30.4 Å². The molecule has 2 aromatic heterocycles. The topological polar surface area (TPSA) is 127 Å². The second-order valence-electron chi connectivity index (χ2n) is 6.28. The fraction of sp³-hybridized carbons (Fsp3) is 0.471. The smallest absolute Gasteiger partial charge is 0.242 e. The van der Waals surface area contributed by atoms with Gasteiger partial charge in [-0.05, 0) is 25.0 Å². The Labute approximate surface area is 151 Å². The van der Waals surface area contributed by atoms with Crippen molar-refractivity contribution in [2.45, 2.75) is 37.8 Å². The summed E-state index contributed by atoms with van der Waals surface area (Å²) in [6.07, 6.45) is 5.16. The van der Waals surface area contributed by atoms with Gasteiger partial charge in [0.15, 0.2) is 0 Å². The number of likely N-dealkylation sites (tertiary alicyclic amines) is 1. The van der Waals surface area contributed by atoms with Crippen LogP contribution in [-0.4, -0.2) is 57.5 Å². The molecule has 1 saturated heterocycles. The summed E-state index contributed by atoms with van der Waals surface area (Å²) in [5.41, 5.74) is 6.69. The third kappa shape index (κ3) is 4.05. The summed E-state index contributed by atoms with van der Waals surface area (Å²) in [6.45, 7) is 0.405. The number of aryl methyl sites for hydroxylation is 1. The molecule has 138 valence electrons. The summed E-state index contributed by atoms with van der Waals surface area (Å²) in [5, 5.41) is 6.51. The van der Waals surface area contributed by atoms with Crippen LogP contribution in [0.25, 0.3) is 11.4 Å². The zero-order chi connectivity index (χ0) is 18.5. The van der Waals surface area contributed by atoms with E-state index >= 15 is 0 Å². The summed E-state index contributed by atoms with van der Waals surface area (Å²) in [4.78, 5) is 34.3. The molecule has 0 radical (unpaired) electrons. The van der Waals surface area contributed by atoms with Crippen LogP contribution >= 0.6 is 0 Å². The first-order valence-electron chi connectivity index (χ1n) is 8.58. The summed E-state index contributed by atoms with van der Waals surface area (Å²) in [6, 6.07) is 3.00. The van der Waals surface area contributed by atoms with Gasteiger partial charge in [0.1, 0.15) is 6.04 Å². The number of nitrogens with zero attached hydrogens (tertiary/aromatic N) is 4. The van der Waals surface area contributed by atoms with Crippen LogP contribution in [0.1, 0.15) is 25.2 Å². The van der Waals surface area contributed by atoms with E-state index in [0.29, 0.717) is 43.9 Å². The lowest BCUT2D eigenvalue weighted by atomic mass is 10.1. The summed E-state index contributed by atoms with van der Waals surface area (Å²) >= 11 is 0. The fourth-order valence-corrected chi connectivity index (χ4v) is 3.06. The molecule has 0 spiro atoms. The van der Waals surface area contributed by atoms with Gasteiger partial charge in [-0.15, -0.1) is 0 Å². The fourth-order valence-electron chi connectivity index (χ4n) is 3.06. The van der Waals surface area contributed by atoms with E-state index in [1.165, 1.54) is 0 Å². The van der Waals surface area contributed by atoms with Crippen molar-refractivity contribution in [2.75, 3.05) is 13.6 Å². The average molecular weight is 358 g/mol. The first-order valence-corrected chi connectivity index (χ1v) is 8.58.